The molecule has 114 valence electrons. The SMILES string of the molecule is [CH2-][n+]1cc(C#N)ccc1C#Cc1ccc2c(c1)C(C)(C)CCS2. The Hall–Kier alpha value is -2.36. The van der Waals surface area contributed by atoms with Crippen LogP contribution in [0.3, 0.4) is 0 Å². The normalized spacial score (nSPS) is 15.0. The van der Waals surface area contributed by atoms with Gasteiger partial charge in [-0.05, 0) is 47.4 Å². The van der Waals surface area contributed by atoms with Crippen LogP contribution in [0, 0.1) is 30.2 Å². The van der Waals surface area contributed by atoms with E-state index in [0.717, 1.165) is 11.3 Å². The Morgan fingerprint density at radius 3 is 2.70 bits per heavy atom. The van der Waals surface area contributed by atoms with Gasteiger partial charge in [0.05, 0.1) is 17.8 Å². The van der Waals surface area contributed by atoms with Crippen molar-refractivity contribution in [2.75, 3.05) is 5.75 Å². The van der Waals surface area contributed by atoms with Crippen LogP contribution in [0.15, 0.2) is 41.4 Å². The molecule has 3 heteroatoms. The zero-order valence-electron chi connectivity index (χ0n) is 13.4. The van der Waals surface area contributed by atoms with E-state index in [4.69, 9.17) is 5.26 Å². The summed E-state index contributed by atoms with van der Waals surface area (Å²) in [6.45, 7) is 4.60. The van der Waals surface area contributed by atoms with Crippen LogP contribution in [0.2, 0.25) is 0 Å². The molecule has 2 nitrogen and oxygen atoms in total. The lowest BCUT2D eigenvalue weighted by Crippen LogP contribution is -2.29. The minimum Gasteiger partial charge on any atom is -0.325 e. The first-order valence-electron chi connectivity index (χ1n) is 7.56. The quantitative estimate of drug-likeness (QED) is 0.421. The first kappa shape index (κ1) is 15.5. The van der Waals surface area contributed by atoms with Crippen LogP contribution in [0.4, 0.5) is 0 Å². The maximum atomic E-state index is 8.89. The summed E-state index contributed by atoms with van der Waals surface area (Å²) >= 11 is 1.93. The molecule has 0 bridgehead atoms. The number of nitriles is 1. The van der Waals surface area contributed by atoms with Gasteiger partial charge in [-0.3, -0.25) is 0 Å². The van der Waals surface area contributed by atoms with Crippen molar-refractivity contribution >= 4 is 11.8 Å². The molecule has 0 saturated heterocycles. The Balaban J connectivity index is 1.95. The van der Waals surface area contributed by atoms with Crippen molar-refractivity contribution in [2.45, 2.75) is 30.6 Å². The summed E-state index contributed by atoms with van der Waals surface area (Å²) < 4.78 is 1.64. The second-order valence-electron chi connectivity index (χ2n) is 6.33. The third kappa shape index (κ3) is 3.21. The highest BCUT2D eigenvalue weighted by Gasteiger charge is 2.27. The van der Waals surface area contributed by atoms with E-state index >= 15 is 0 Å². The second-order valence-corrected chi connectivity index (χ2v) is 7.46. The summed E-state index contributed by atoms with van der Waals surface area (Å²) in [6.07, 6.45) is 2.88. The Morgan fingerprint density at radius 2 is 1.96 bits per heavy atom. The van der Waals surface area contributed by atoms with Gasteiger partial charge >= 0.3 is 0 Å². The van der Waals surface area contributed by atoms with E-state index in [-0.39, 0.29) is 5.41 Å². The molecular formula is C20H18N2S. The molecule has 0 fully saturated rings. The van der Waals surface area contributed by atoms with Crippen LogP contribution in [-0.4, -0.2) is 5.75 Å². The van der Waals surface area contributed by atoms with E-state index < -0.39 is 0 Å². The van der Waals surface area contributed by atoms with Crippen molar-refractivity contribution in [2.24, 2.45) is 0 Å². The van der Waals surface area contributed by atoms with Gasteiger partial charge in [-0.2, -0.15) is 5.26 Å². The number of aromatic nitrogens is 1. The molecule has 1 aromatic heterocycles. The molecule has 0 spiro atoms. The maximum absolute atomic E-state index is 8.89. The van der Waals surface area contributed by atoms with Gasteiger partial charge in [0.1, 0.15) is 0 Å². The topological polar surface area (TPSA) is 27.7 Å². The van der Waals surface area contributed by atoms with Gasteiger partial charge in [-0.25, -0.2) is 0 Å². The number of thioether (sulfide) groups is 1. The smallest absolute Gasteiger partial charge is 0.155 e. The lowest BCUT2D eigenvalue weighted by Gasteiger charge is -2.32. The molecule has 0 N–H and O–H groups in total. The van der Waals surface area contributed by atoms with Gasteiger partial charge in [0, 0.05) is 17.5 Å². The van der Waals surface area contributed by atoms with Crippen LogP contribution in [0.25, 0.3) is 0 Å². The summed E-state index contributed by atoms with van der Waals surface area (Å²) in [7, 11) is 3.89. The molecule has 0 aliphatic carbocycles. The van der Waals surface area contributed by atoms with Crippen LogP contribution < -0.4 is 4.57 Å². The average Bonchev–Trinajstić information content (AvgIpc) is 2.53. The van der Waals surface area contributed by atoms with E-state index in [0.29, 0.717) is 5.56 Å². The third-order valence-corrected chi connectivity index (χ3v) is 5.26. The van der Waals surface area contributed by atoms with Crippen molar-refractivity contribution in [3.63, 3.8) is 0 Å². The van der Waals surface area contributed by atoms with Crippen LogP contribution in [0.1, 0.15) is 42.7 Å². The van der Waals surface area contributed by atoms with Crippen molar-refractivity contribution in [3.8, 4) is 17.9 Å². The number of hydrogen-bond acceptors (Lipinski definition) is 2. The standard InChI is InChI=1S/C20H18N2S/c1-20(2)10-11-23-19-9-6-15(12-18(19)20)4-7-17-8-5-16(13-21)14-22(17)3/h5-6,8-9,12,14H,3,10-11H2,1-2H3. The summed E-state index contributed by atoms with van der Waals surface area (Å²) in [6, 6.07) is 12.2. The van der Waals surface area contributed by atoms with Crippen molar-refractivity contribution in [1.82, 2.24) is 0 Å². The zero-order valence-corrected chi connectivity index (χ0v) is 14.2. The average molecular weight is 318 g/mol. The van der Waals surface area contributed by atoms with Gasteiger partial charge in [0.2, 0.25) is 0 Å². The fraction of sp³-hybridized carbons (Fsp3) is 0.250. The van der Waals surface area contributed by atoms with Gasteiger partial charge in [0.25, 0.3) is 0 Å². The minimum atomic E-state index is 0.207. The lowest BCUT2D eigenvalue weighted by atomic mass is 9.81. The second kappa shape index (κ2) is 6.03. The zero-order chi connectivity index (χ0) is 16.4. The summed E-state index contributed by atoms with van der Waals surface area (Å²) in [4.78, 5) is 1.37. The minimum absolute atomic E-state index is 0.207. The van der Waals surface area contributed by atoms with Crippen LogP contribution in [-0.2, 0) is 5.41 Å². The molecular weight excluding hydrogens is 300 g/mol. The number of hydrogen-bond donors (Lipinski definition) is 0. The molecule has 0 amide bonds. The largest absolute Gasteiger partial charge is 0.325 e. The molecule has 3 rings (SSSR count). The number of fused-ring (bicyclic) bond motifs is 1. The fourth-order valence-corrected chi connectivity index (χ4v) is 4.16. The molecule has 2 aromatic rings. The number of rotatable bonds is 0. The molecule has 1 aromatic carbocycles. The first-order valence-corrected chi connectivity index (χ1v) is 8.54. The molecule has 1 aliphatic rings. The molecule has 0 saturated carbocycles. The predicted molar refractivity (Wildman–Crippen MR) is 92.9 cm³/mol. The predicted octanol–water partition coefficient (Wildman–Crippen LogP) is 3.66. The van der Waals surface area contributed by atoms with E-state index in [1.807, 2.05) is 17.8 Å². The lowest BCUT2D eigenvalue weighted by molar-refractivity contribution is -0.615. The molecule has 2 heterocycles. The monoisotopic (exact) mass is 318 g/mol. The summed E-state index contributed by atoms with van der Waals surface area (Å²) in [5, 5.41) is 8.89. The van der Waals surface area contributed by atoms with E-state index in [1.54, 1.807) is 16.8 Å². The van der Waals surface area contributed by atoms with E-state index in [9.17, 15) is 0 Å². The van der Waals surface area contributed by atoms with Crippen molar-refractivity contribution in [1.29, 1.82) is 5.26 Å². The molecule has 0 unspecified atom stereocenters. The summed E-state index contributed by atoms with van der Waals surface area (Å²) in [5.74, 6) is 7.55. The molecule has 0 radical (unpaired) electrons. The highest BCUT2D eigenvalue weighted by atomic mass is 32.2. The summed E-state index contributed by atoms with van der Waals surface area (Å²) in [5.41, 5.74) is 3.99. The Labute approximate surface area is 142 Å². The third-order valence-electron chi connectivity index (χ3n) is 4.18. The van der Waals surface area contributed by atoms with Gasteiger partial charge in [0.15, 0.2) is 5.69 Å². The van der Waals surface area contributed by atoms with Crippen LogP contribution >= 0.6 is 11.8 Å². The van der Waals surface area contributed by atoms with Gasteiger partial charge in [-0.1, -0.05) is 31.8 Å². The highest BCUT2D eigenvalue weighted by Crippen LogP contribution is 2.41. The Kier molecular flexibility index (Phi) is 4.07. The molecule has 1 aliphatic heterocycles. The Morgan fingerprint density at radius 1 is 1.17 bits per heavy atom. The maximum Gasteiger partial charge on any atom is 0.155 e. The first-order chi connectivity index (χ1) is 11.0. The number of benzene rings is 1. The molecule has 0 atom stereocenters. The number of pyridine rings is 1. The highest BCUT2D eigenvalue weighted by molar-refractivity contribution is 7.99. The van der Waals surface area contributed by atoms with E-state index in [2.05, 4.69) is 57.0 Å². The Bertz CT molecular complexity index is 863. The van der Waals surface area contributed by atoms with Gasteiger partial charge < -0.3 is 4.57 Å². The van der Waals surface area contributed by atoms with Crippen molar-refractivity contribution in [3.05, 3.63) is 66.0 Å². The number of nitrogens with zero attached hydrogens (tertiary/aromatic N) is 2. The van der Waals surface area contributed by atoms with E-state index in [1.165, 1.54) is 22.6 Å². The fourth-order valence-electron chi connectivity index (χ4n) is 2.67. The van der Waals surface area contributed by atoms with Gasteiger partial charge in [-0.15, -0.1) is 11.8 Å². The van der Waals surface area contributed by atoms with Crippen LogP contribution in [0.5, 0.6) is 0 Å². The molecule has 23 heavy (non-hydrogen) atoms. The van der Waals surface area contributed by atoms with Crippen molar-refractivity contribution < 1.29 is 4.57 Å².